The van der Waals surface area contributed by atoms with Crippen LogP contribution in [-0.2, 0) is 0 Å². The summed E-state index contributed by atoms with van der Waals surface area (Å²) in [6.45, 7) is 3.96. The summed E-state index contributed by atoms with van der Waals surface area (Å²) in [5.74, 6) is 0.104. The lowest BCUT2D eigenvalue weighted by atomic mass is 10.0. The third-order valence-electron chi connectivity index (χ3n) is 3.04. The van der Waals surface area contributed by atoms with E-state index in [9.17, 15) is 0 Å². The van der Waals surface area contributed by atoms with Crippen LogP contribution in [0.3, 0.4) is 0 Å². The molecule has 0 saturated carbocycles. The van der Waals surface area contributed by atoms with E-state index in [4.69, 9.17) is 10.2 Å². The van der Waals surface area contributed by atoms with Crippen molar-refractivity contribution >= 4 is 0 Å². The highest BCUT2D eigenvalue weighted by molar-refractivity contribution is 4.65. The van der Waals surface area contributed by atoms with E-state index in [1.54, 1.807) is 0 Å². The molecule has 96 valence electrons. The van der Waals surface area contributed by atoms with Crippen molar-refractivity contribution in [1.29, 1.82) is 0 Å². The lowest BCUT2D eigenvalue weighted by molar-refractivity contribution is 0.141. The van der Waals surface area contributed by atoms with E-state index in [-0.39, 0.29) is 19.1 Å². The van der Waals surface area contributed by atoms with Gasteiger partial charge >= 0.3 is 0 Å². The van der Waals surface area contributed by atoms with Gasteiger partial charge in [-0.2, -0.15) is 0 Å². The van der Waals surface area contributed by atoms with E-state index in [2.05, 4.69) is 6.58 Å². The summed E-state index contributed by atoms with van der Waals surface area (Å²) < 4.78 is 0. The van der Waals surface area contributed by atoms with Gasteiger partial charge < -0.3 is 10.2 Å². The number of allylic oxidation sites excluding steroid dienone is 1. The Morgan fingerprint density at radius 1 is 0.812 bits per heavy atom. The van der Waals surface area contributed by atoms with Crippen molar-refractivity contribution in [3.05, 3.63) is 12.7 Å². The first-order valence-electron chi connectivity index (χ1n) is 6.67. The molecular formula is C14H28O2. The van der Waals surface area contributed by atoms with Crippen LogP contribution >= 0.6 is 0 Å². The Bertz CT molecular complexity index is 142. The third kappa shape index (κ3) is 10.2. The molecule has 0 fully saturated rings. The van der Waals surface area contributed by atoms with Crippen molar-refractivity contribution in [3.63, 3.8) is 0 Å². The van der Waals surface area contributed by atoms with Crippen LogP contribution in [0.4, 0.5) is 0 Å². The van der Waals surface area contributed by atoms with Crippen molar-refractivity contribution in [2.45, 2.75) is 57.8 Å². The zero-order chi connectivity index (χ0) is 12.1. The molecule has 0 spiro atoms. The number of unbranched alkanes of at least 4 members (excludes halogenated alkanes) is 7. The zero-order valence-corrected chi connectivity index (χ0v) is 10.5. The van der Waals surface area contributed by atoms with Gasteiger partial charge in [0.15, 0.2) is 0 Å². The highest BCUT2D eigenvalue weighted by Crippen LogP contribution is 2.12. The van der Waals surface area contributed by atoms with Crippen molar-refractivity contribution in [1.82, 2.24) is 0 Å². The number of aliphatic hydroxyl groups excluding tert-OH is 2. The molecule has 0 bridgehead atoms. The molecule has 2 nitrogen and oxygen atoms in total. The van der Waals surface area contributed by atoms with Crippen molar-refractivity contribution < 1.29 is 10.2 Å². The molecule has 0 aliphatic carbocycles. The van der Waals surface area contributed by atoms with Gasteiger partial charge in [-0.1, -0.05) is 44.6 Å². The highest BCUT2D eigenvalue weighted by atomic mass is 16.3. The van der Waals surface area contributed by atoms with Gasteiger partial charge in [-0.05, 0) is 19.3 Å². The molecule has 0 unspecified atom stereocenters. The molecule has 2 heteroatoms. The van der Waals surface area contributed by atoms with Gasteiger partial charge in [-0.25, -0.2) is 0 Å². The van der Waals surface area contributed by atoms with Crippen molar-refractivity contribution in [2.24, 2.45) is 5.92 Å². The normalized spacial score (nSPS) is 10.9. The molecule has 16 heavy (non-hydrogen) atoms. The smallest absolute Gasteiger partial charge is 0.0481 e. The lowest BCUT2D eigenvalue weighted by Gasteiger charge is -2.09. The maximum Gasteiger partial charge on any atom is 0.0481 e. The van der Waals surface area contributed by atoms with E-state index < -0.39 is 0 Å². The minimum absolute atomic E-state index is 0.104. The van der Waals surface area contributed by atoms with E-state index >= 15 is 0 Å². The molecular weight excluding hydrogens is 200 g/mol. The van der Waals surface area contributed by atoms with Crippen LogP contribution in [0.5, 0.6) is 0 Å². The summed E-state index contributed by atoms with van der Waals surface area (Å²) in [5, 5.41) is 17.8. The predicted molar refractivity (Wildman–Crippen MR) is 69.4 cm³/mol. The lowest BCUT2D eigenvalue weighted by Crippen LogP contribution is -2.10. The second kappa shape index (κ2) is 12.7. The predicted octanol–water partition coefficient (Wildman–Crippen LogP) is 3.28. The summed E-state index contributed by atoms with van der Waals surface area (Å²) in [6.07, 6.45) is 13.0. The van der Waals surface area contributed by atoms with E-state index in [1.807, 2.05) is 6.08 Å². The van der Waals surface area contributed by atoms with Crippen LogP contribution in [0.25, 0.3) is 0 Å². The Balaban J connectivity index is 3.06. The summed E-state index contributed by atoms with van der Waals surface area (Å²) in [7, 11) is 0. The van der Waals surface area contributed by atoms with Crippen LogP contribution in [0.1, 0.15) is 57.8 Å². The van der Waals surface area contributed by atoms with Gasteiger partial charge in [0.25, 0.3) is 0 Å². The van der Waals surface area contributed by atoms with Crippen LogP contribution in [0.2, 0.25) is 0 Å². The fraction of sp³-hybridized carbons (Fsp3) is 0.857. The van der Waals surface area contributed by atoms with E-state index in [0.29, 0.717) is 0 Å². The van der Waals surface area contributed by atoms with Gasteiger partial charge in [0.2, 0.25) is 0 Å². The number of rotatable bonds is 12. The van der Waals surface area contributed by atoms with Gasteiger partial charge in [0.05, 0.1) is 0 Å². The fourth-order valence-corrected chi connectivity index (χ4v) is 1.85. The van der Waals surface area contributed by atoms with Crippen LogP contribution in [0, 0.1) is 5.92 Å². The zero-order valence-electron chi connectivity index (χ0n) is 10.5. The number of hydrogen-bond acceptors (Lipinski definition) is 2. The molecule has 2 N–H and O–H groups in total. The average Bonchev–Trinajstić information content (AvgIpc) is 2.32. The Morgan fingerprint density at radius 2 is 1.31 bits per heavy atom. The number of aliphatic hydroxyl groups is 2. The molecule has 0 aliphatic heterocycles. The molecule has 0 aliphatic rings. The molecule has 0 amide bonds. The molecule has 0 radical (unpaired) electrons. The molecule has 0 heterocycles. The molecule has 0 saturated heterocycles. The topological polar surface area (TPSA) is 40.5 Å². The summed E-state index contributed by atoms with van der Waals surface area (Å²) >= 11 is 0. The standard InChI is InChI=1S/C14H28O2/c1-2-3-4-5-6-7-8-9-10-11-14(12-15)13-16/h2,14-16H,1,3-13H2. The van der Waals surface area contributed by atoms with Gasteiger partial charge in [-0.3, -0.25) is 0 Å². The second-order valence-corrected chi connectivity index (χ2v) is 4.57. The minimum atomic E-state index is 0.104. The maximum atomic E-state index is 8.88. The van der Waals surface area contributed by atoms with Crippen LogP contribution < -0.4 is 0 Å². The molecule has 0 rings (SSSR count). The molecule has 0 aromatic rings. The Labute approximate surface area is 100 Å². The average molecular weight is 228 g/mol. The highest BCUT2D eigenvalue weighted by Gasteiger charge is 2.04. The van der Waals surface area contributed by atoms with E-state index in [0.717, 1.165) is 19.3 Å². The Hall–Kier alpha value is -0.340. The molecule has 0 atom stereocenters. The molecule has 0 aromatic heterocycles. The third-order valence-corrected chi connectivity index (χ3v) is 3.04. The Morgan fingerprint density at radius 3 is 1.81 bits per heavy atom. The van der Waals surface area contributed by atoms with Crippen LogP contribution in [0.15, 0.2) is 12.7 Å². The van der Waals surface area contributed by atoms with E-state index in [1.165, 1.54) is 38.5 Å². The first-order valence-corrected chi connectivity index (χ1v) is 6.67. The van der Waals surface area contributed by atoms with Crippen molar-refractivity contribution in [2.75, 3.05) is 13.2 Å². The summed E-state index contributed by atoms with van der Waals surface area (Å²) in [4.78, 5) is 0. The monoisotopic (exact) mass is 228 g/mol. The van der Waals surface area contributed by atoms with Gasteiger partial charge in [0, 0.05) is 19.1 Å². The van der Waals surface area contributed by atoms with Gasteiger partial charge in [0.1, 0.15) is 0 Å². The quantitative estimate of drug-likeness (QED) is 0.397. The second-order valence-electron chi connectivity index (χ2n) is 4.57. The molecule has 0 aromatic carbocycles. The van der Waals surface area contributed by atoms with Crippen LogP contribution in [-0.4, -0.2) is 23.4 Å². The maximum absolute atomic E-state index is 8.88. The first-order chi connectivity index (χ1) is 7.85. The van der Waals surface area contributed by atoms with Crippen molar-refractivity contribution in [3.8, 4) is 0 Å². The SMILES string of the molecule is C=CCCCCCCCCCC(CO)CO. The first kappa shape index (κ1) is 15.7. The minimum Gasteiger partial charge on any atom is -0.396 e. The fourth-order valence-electron chi connectivity index (χ4n) is 1.85. The van der Waals surface area contributed by atoms with Gasteiger partial charge in [-0.15, -0.1) is 6.58 Å². The summed E-state index contributed by atoms with van der Waals surface area (Å²) in [6, 6.07) is 0. The largest absolute Gasteiger partial charge is 0.396 e. The summed E-state index contributed by atoms with van der Waals surface area (Å²) in [5.41, 5.74) is 0. The Kier molecular flexibility index (Phi) is 12.5. The number of hydrogen-bond donors (Lipinski definition) is 2.